The summed E-state index contributed by atoms with van der Waals surface area (Å²) >= 11 is 6.14. The van der Waals surface area contributed by atoms with Crippen molar-refractivity contribution in [1.82, 2.24) is 15.3 Å². The fraction of sp³-hybridized carbons (Fsp3) is 0.389. The molecule has 2 heterocycles. The fourth-order valence-electron chi connectivity index (χ4n) is 2.71. The maximum atomic E-state index is 12.4. The number of halogens is 1. The molecule has 25 heavy (non-hydrogen) atoms. The first-order valence-electron chi connectivity index (χ1n) is 8.30. The molecule has 132 valence electrons. The number of aromatic nitrogens is 2. The number of aryl methyl sites for hydroxylation is 1. The summed E-state index contributed by atoms with van der Waals surface area (Å²) in [7, 11) is 0. The molecule has 1 aliphatic heterocycles. The molecule has 1 amide bonds. The van der Waals surface area contributed by atoms with Gasteiger partial charge in [-0.2, -0.15) is 0 Å². The lowest BCUT2D eigenvalue weighted by Gasteiger charge is -2.12. The topological polar surface area (TPSA) is 76.1 Å². The molecule has 1 aromatic carbocycles. The number of anilines is 2. The lowest BCUT2D eigenvalue weighted by molar-refractivity contribution is 0.0853. The van der Waals surface area contributed by atoms with Gasteiger partial charge in [-0.05, 0) is 50.5 Å². The number of rotatable bonds is 5. The second-order valence-electron chi connectivity index (χ2n) is 6.10. The minimum absolute atomic E-state index is 0.0959. The first kappa shape index (κ1) is 17.6. The third kappa shape index (κ3) is 4.46. The quantitative estimate of drug-likeness (QED) is 0.854. The molecular weight excluding hydrogens is 340 g/mol. The van der Waals surface area contributed by atoms with Crippen molar-refractivity contribution >= 4 is 29.1 Å². The third-order valence-corrected chi connectivity index (χ3v) is 4.52. The largest absolute Gasteiger partial charge is 0.376 e. The van der Waals surface area contributed by atoms with Crippen molar-refractivity contribution in [1.29, 1.82) is 0 Å². The van der Waals surface area contributed by atoms with Crippen molar-refractivity contribution in [2.45, 2.75) is 32.8 Å². The minimum Gasteiger partial charge on any atom is -0.376 e. The van der Waals surface area contributed by atoms with E-state index in [1.807, 2.05) is 32.0 Å². The molecule has 0 spiro atoms. The Morgan fingerprint density at radius 1 is 1.36 bits per heavy atom. The van der Waals surface area contributed by atoms with Crippen LogP contribution in [0.25, 0.3) is 0 Å². The van der Waals surface area contributed by atoms with Crippen LogP contribution in [-0.4, -0.2) is 35.1 Å². The van der Waals surface area contributed by atoms with Crippen molar-refractivity contribution < 1.29 is 9.53 Å². The Morgan fingerprint density at radius 3 is 2.96 bits per heavy atom. The molecule has 1 aliphatic rings. The highest BCUT2D eigenvalue weighted by molar-refractivity contribution is 6.31. The van der Waals surface area contributed by atoms with Crippen LogP contribution in [0.4, 0.5) is 11.6 Å². The van der Waals surface area contributed by atoms with Crippen molar-refractivity contribution in [2.24, 2.45) is 0 Å². The number of benzene rings is 1. The summed E-state index contributed by atoms with van der Waals surface area (Å²) in [6.07, 6.45) is 2.11. The van der Waals surface area contributed by atoms with E-state index in [2.05, 4.69) is 20.6 Å². The van der Waals surface area contributed by atoms with E-state index in [0.717, 1.165) is 30.7 Å². The summed E-state index contributed by atoms with van der Waals surface area (Å²) in [5.41, 5.74) is 2.74. The smallest absolute Gasteiger partial charge is 0.270 e. The molecule has 1 unspecified atom stereocenters. The number of amides is 1. The molecule has 0 aliphatic carbocycles. The van der Waals surface area contributed by atoms with Crippen LogP contribution < -0.4 is 10.6 Å². The standard InChI is InChI=1S/C18H21ClN4O2/c1-11-9-16(17(24)20-10-13-5-4-8-25-13)23-18(21-11)22-15-7-3-6-14(19)12(15)2/h3,6-7,9,13H,4-5,8,10H2,1-2H3,(H,20,24)(H,21,22,23). The Kier molecular flexibility index (Phi) is 5.50. The first-order chi connectivity index (χ1) is 12.0. The number of carbonyl (C=O) groups excluding carboxylic acids is 1. The SMILES string of the molecule is Cc1cc(C(=O)NCC2CCCO2)nc(Nc2cccc(Cl)c2C)n1. The maximum absolute atomic E-state index is 12.4. The van der Waals surface area contributed by atoms with E-state index < -0.39 is 0 Å². The molecule has 7 heteroatoms. The molecule has 2 aromatic rings. The summed E-state index contributed by atoms with van der Waals surface area (Å²) in [6, 6.07) is 7.23. The Balaban J connectivity index is 1.73. The van der Waals surface area contributed by atoms with Crippen molar-refractivity contribution in [3.8, 4) is 0 Å². The molecule has 0 bridgehead atoms. The van der Waals surface area contributed by atoms with Gasteiger partial charge in [0, 0.05) is 29.6 Å². The van der Waals surface area contributed by atoms with Crippen LogP contribution in [0.15, 0.2) is 24.3 Å². The average molecular weight is 361 g/mol. The average Bonchev–Trinajstić information content (AvgIpc) is 3.10. The number of carbonyl (C=O) groups is 1. The molecular formula is C18H21ClN4O2. The van der Waals surface area contributed by atoms with Crippen LogP contribution in [0.2, 0.25) is 5.02 Å². The number of hydrogen-bond acceptors (Lipinski definition) is 5. The van der Waals surface area contributed by atoms with Gasteiger partial charge >= 0.3 is 0 Å². The van der Waals surface area contributed by atoms with E-state index in [0.29, 0.717) is 28.9 Å². The van der Waals surface area contributed by atoms with Gasteiger partial charge in [0.1, 0.15) is 5.69 Å². The van der Waals surface area contributed by atoms with Crippen LogP contribution in [0.1, 0.15) is 34.6 Å². The van der Waals surface area contributed by atoms with Crippen LogP contribution >= 0.6 is 11.6 Å². The van der Waals surface area contributed by atoms with Gasteiger partial charge in [0.25, 0.3) is 5.91 Å². The molecule has 1 saturated heterocycles. The Hall–Kier alpha value is -2.18. The lowest BCUT2D eigenvalue weighted by atomic mass is 10.2. The number of ether oxygens (including phenoxy) is 1. The summed E-state index contributed by atoms with van der Waals surface area (Å²) in [5, 5.41) is 6.67. The number of hydrogen-bond donors (Lipinski definition) is 2. The Morgan fingerprint density at radius 2 is 2.20 bits per heavy atom. The van der Waals surface area contributed by atoms with E-state index in [1.54, 1.807) is 6.07 Å². The van der Waals surface area contributed by atoms with Gasteiger partial charge in [-0.1, -0.05) is 17.7 Å². The molecule has 1 aromatic heterocycles. The molecule has 2 N–H and O–H groups in total. The third-order valence-electron chi connectivity index (χ3n) is 4.12. The van der Waals surface area contributed by atoms with E-state index in [9.17, 15) is 4.79 Å². The predicted molar refractivity (Wildman–Crippen MR) is 97.5 cm³/mol. The first-order valence-corrected chi connectivity index (χ1v) is 8.68. The summed E-state index contributed by atoms with van der Waals surface area (Å²) in [5.74, 6) is 0.138. The van der Waals surface area contributed by atoms with Crippen LogP contribution in [0.5, 0.6) is 0 Å². The van der Waals surface area contributed by atoms with Crippen LogP contribution in [0, 0.1) is 13.8 Å². The highest BCUT2D eigenvalue weighted by atomic mass is 35.5. The molecule has 0 saturated carbocycles. The van der Waals surface area contributed by atoms with Gasteiger partial charge in [0.05, 0.1) is 6.10 Å². The lowest BCUT2D eigenvalue weighted by Crippen LogP contribution is -2.32. The summed E-state index contributed by atoms with van der Waals surface area (Å²) < 4.78 is 5.52. The van der Waals surface area contributed by atoms with Gasteiger partial charge in [0.2, 0.25) is 5.95 Å². The molecule has 1 fully saturated rings. The monoisotopic (exact) mass is 360 g/mol. The van der Waals surface area contributed by atoms with Crippen molar-refractivity contribution in [2.75, 3.05) is 18.5 Å². The zero-order valence-corrected chi connectivity index (χ0v) is 15.1. The zero-order valence-electron chi connectivity index (χ0n) is 14.3. The van der Waals surface area contributed by atoms with Gasteiger partial charge in [0.15, 0.2) is 0 Å². The fourth-order valence-corrected chi connectivity index (χ4v) is 2.88. The summed E-state index contributed by atoms with van der Waals surface area (Å²) in [6.45, 7) is 5.00. The zero-order chi connectivity index (χ0) is 17.8. The van der Waals surface area contributed by atoms with Gasteiger partial charge < -0.3 is 15.4 Å². The number of nitrogens with one attached hydrogen (secondary N) is 2. The van der Waals surface area contributed by atoms with Gasteiger partial charge in [-0.25, -0.2) is 9.97 Å². The highest BCUT2D eigenvalue weighted by Crippen LogP contribution is 2.25. The predicted octanol–water partition coefficient (Wildman–Crippen LogP) is 3.40. The highest BCUT2D eigenvalue weighted by Gasteiger charge is 2.18. The Labute approximate surface area is 152 Å². The van der Waals surface area contributed by atoms with Crippen molar-refractivity contribution in [3.05, 3.63) is 46.2 Å². The van der Waals surface area contributed by atoms with Crippen LogP contribution in [0.3, 0.4) is 0 Å². The van der Waals surface area contributed by atoms with E-state index in [4.69, 9.17) is 16.3 Å². The second kappa shape index (κ2) is 7.80. The van der Waals surface area contributed by atoms with Gasteiger partial charge in [-0.15, -0.1) is 0 Å². The van der Waals surface area contributed by atoms with Crippen molar-refractivity contribution in [3.63, 3.8) is 0 Å². The normalized spacial score (nSPS) is 16.7. The Bertz CT molecular complexity index is 776. The van der Waals surface area contributed by atoms with E-state index in [1.165, 1.54) is 0 Å². The van der Waals surface area contributed by atoms with E-state index in [-0.39, 0.29) is 12.0 Å². The molecule has 0 radical (unpaired) electrons. The summed E-state index contributed by atoms with van der Waals surface area (Å²) in [4.78, 5) is 21.1. The molecule has 6 nitrogen and oxygen atoms in total. The maximum Gasteiger partial charge on any atom is 0.270 e. The van der Waals surface area contributed by atoms with Gasteiger partial charge in [-0.3, -0.25) is 4.79 Å². The molecule has 1 atom stereocenters. The second-order valence-corrected chi connectivity index (χ2v) is 6.51. The van der Waals surface area contributed by atoms with Crippen LogP contribution in [-0.2, 0) is 4.74 Å². The number of nitrogens with zero attached hydrogens (tertiary/aromatic N) is 2. The minimum atomic E-state index is -0.230. The van der Waals surface area contributed by atoms with E-state index >= 15 is 0 Å². The molecule has 3 rings (SSSR count).